The van der Waals surface area contributed by atoms with E-state index >= 15 is 0 Å². The lowest BCUT2D eigenvalue weighted by Crippen LogP contribution is -2.30. The first kappa shape index (κ1) is 17.4. The summed E-state index contributed by atoms with van der Waals surface area (Å²) in [5.74, 6) is 0. The van der Waals surface area contributed by atoms with Crippen molar-refractivity contribution in [3.8, 4) is 0 Å². The van der Waals surface area contributed by atoms with Crippen molar-refractivity contribution in [3.63, 3.8) is 0 Å². The highest BCUT2D eigenvalue weighted by Gasteiger charge is 2.06. The molecule has 0 amide bonds. The van der Waals surface area contributed by atoms with Gasteiger partial charge >= 0.3 is 0 Å². The summed E-state index contributed by atoms with van der Waals surface area (Å²) in [6.45, 7) is 2.67. The number of nitrogens with one attached hydrogen (secondary N) is 2. The maximum absolute atomic E-state index is 11.2. The lowest BCUT2D eigenvalue weighted by atomic mass is 10.1. The number of sulfonamides is 1. The summed E-state index contributed by atoms with van der Waals surface area (Å²) in [4.78, 5) is 0.116. The van der Waals surface area contributed by atoms with E-state index < -0.39 is 10.0 Å². The van der Waals surface area contributed by atoms with Crippen LogP contribution in [0.4, 0.5) is 5.69 Å². The highest BCUT2D eigenvalue weighted by atomic mass is 32.2. The number of hydrogen-bond donors (Lipinski definition) is 3. The van der Waals surface area contributed by atoms with Gasteiger partial charge in [-0.3, -0.25) is 0 Å². The molecule has 7 heteroatoms. The molecule has 0 aliphatic carbocycles. The summed E-state index contributed by atoms with van der Waals surface area (Å²) >= 11 is 5.24. The number of rotatable bonds is 5. The lowest BCUT2D eigenvalue weighted by molar-refractivity contribution is 0.598. The van der Waals surface area contributed by atoms with E-state index in [1.807, 2.05) is 31.2 Å². The monoisotopic (exact) mass is 349 g/mol. The van der Waals surface area contributed by atoms with Crippen LogP contribution in [0.25, 0.3) is 0 Å². The first-order chi connectivity index (χ1) is 10.8. The van der Waals surface area contributed by atoms with Crippen LogP contribution in [0.1, 0.15) is 11.1 Å². The van der Waals surface area contributed by atoms with Crippen LogP contribution < -0.4 is 15.8 Å². The highest BCUT2D eigenvalue weighted by molar-refractivity contribution is 7.89. The zero-order chi connectivity index (χ0) is 16.9. The molecule has 0 saturated heterocycles. The van der Waals surface area contributed by atoms with E-state index in [4.69, 9.17) is 17.4 Å². The molecule has 0 aliphatic rings. The molecule has 0 heterocycles. The molecule has 0 fully saturated rings. The van der Waals surface area contributed by atoms with E-state index in [9.17, 15) is 8.42 Å². The normalized spacial score (nSPS) is 11.0. The third-order valence-corrected chi connectivity index (χ3v) is 4.44. The fourth-order valence-corrected chi connectivity index (χ4v) is 2.71. The molecule has 0 aliphatic heterocycles. The van der Waals surface area contributed by atoms with Crippen LogP contribution in [-0.4, -0.2) is 20.1 Å². The Hall–Kier alpha value is -1.96. The van der Waals surface area contributed by atoms with Crippen LogP contribution in [0.5, 0.6) is 0 Å². The van der Waals surface area contributed by atoms with Crippen molar-refractivity contribution in [2.24, 2.45) is 5.14 Å². The van der Waals surface area contributed by atoms with Gasteiger partial charge in [0.1, 0.15) is 0 Å². The molecule has 122 valence electrons. The van der Waals surface area contributed by atoms with E-state index in [2.05, 4.69) is 10.6 Å². The SMILES string of the molecule is Cc1ccc(NC(=S)NCCc2ccc(S(N)(=O)=O)cc2)cc1. The Bertz CT molecular complexity index is 770. The summed E-state index contributed by atoms with van der Waals surface area (Å²) in [6.07, 6.45) is 0.723. The molecule has 2 rings (SSSR count). The summed E-state index contributed by atoms with van der Waals surface area (Å²) in [6, 6.07) is 14.5. The molecular weight excluding hydrogens is 330 g/mol. The van der Waals surface area contributed by atoms with Crippen molar-refractivity contribution in [1.82, 2.24) is 5.32 Å². The van der Waals surface area contributed by atoms with E-state index in [-0.39, 0.29) is 4.90 Å². The van der Waals surface area contributed by atoms with Gasteiger partial charge in [-0.15, -0.1) is 0 Å². The van der Waals surface area contributed by atoms with Gasteiger partial charge in [-0.1, -0.05) is 29.8 Å². The van der Waals surface area contributed by atoms with Crippen molar-refractivity contribution in [2.45, 2.75) is 18.2 Å². The molecule has 0 bridgehead atoms. The van der Waals surface area contributed by atoms with Crippen molar-refractivity contribution < 1.29 is 8.42 Å². The van der Waals surface area contributed by atoms with E-state index in [1.165, 1.54) is 17.7 Å². The van der Waals surface area contributed by atoms with Gasteiger partial charge in [0.25, 0.3) is 0 Å². The van der Waals surface area contributed by atoms with Crippen LogP contribution in [0, 0.1) is 6.92 Å². The summed E-state index contributed by atoms with van der Waals surface area (Å²) in [7, 11) is -3.64. The number of thiocarbonyl (C=S) groups is 1. The number of primary sulfonamides is 1. The standard InChI is InChI=1S/C16H19N3O2S2/c1-12-2-6-14(7-3-12)19-16(22)18-11-10-13-4-8-15(9-5-13)23(17,20)21/h2-9H,10-11H2,1H3,(H2,17,20,21)(H2,18,19,22). The molecule has 0 aromatic heterocycles. The van der Waals surface area contributed by atoms with Crippen molar-refractivity contribution in [2.75, 3.05) is 11.9 Å². The van der Waals surface area contributed by atoms with Crippen molar-refractivity contribution in [3.05, 3.63) is 59.7 Å². The number of hydrogen-bond acceptors (Lipinski definition) is 3. The molecule has 2 aromatic carbocycles. The molecule has 0 spiro atoms. The second-order valence-corrected chi connectivity index (χ2v) is 7.16. The van der Waals surface area contributed by atoms with Gasteiger partial charge in [0, 0.05) is 12.2 Å². The predicted molar refractivity (Wildman–Crippen MR) is 96.9 cm³/mol. The third kappa shape index (κ3) is 5.63. The topological polar surface area (TPSA) is 84.2 Å². The Balaban J connectivity index is 1.80. The molecule has 4 N–H and O–H groups in total. The second kappa shape index (κ2) is 7.54. The molecule has 23 heavy (non-hydrogen) atoms. The minimum Gasteiger partial charge on any atom is -0.362 e. The Labute approximate surface area is 142 Å². The number of anilines is 1. The average molecular weight is 349 g/mol. The zero-order valence-corrected chi connectivity index (χ0v) is 14.4. The smallest absolute Gasteiger partial charge is 0.238 e. The minimum atomic E-state index is -3.64. The fourth-order valence-electron chi connectivity index (χ4n) is 1.98. The van der Waals surface area contributed by atoms with Gasteiger partial charge in [0.2, 0.25) is 10.0 Å². The van der Waals surface area contributed by atoms with Crippen molar-refractivity contribution >= 4 is 33.0 Å². The Kier molecular flexibility index (Phi) is 5.70. The number of nitrogens with two attached hydrogens (primary N) is 1. The maximum atomic E-state index is 11.2. The van der Waals surface area contributed by atoms with Crippen LogP contribution in [0.3, 0.4) is 0 Å². The first-order valence-corrected chi connectivity index (χ1v) is 9.03. The van der Waals surface area contributed by atoms with Gasteiger partial charge in [0.15, 0.2) is 5.11 Å². The molecular formula is C16H19N3O2S2. The molecule has 0 unspecified atom stereocenters. The Morgan fingerprint density at radius 3 is 2.26 bits per heavy atom. The van der Waals surface area contributed by atoms with E-state index in [0.29, 0.717) is 11.7 Å². The van der Waals surface area contributed by atoms with Gasteiger partial charge in [-0.25, -0.2) is 13.6 Å². The highest BCUT2D eigenvalue weighted by Crippen LogP contribution is 2.10. The quantitative estimate of drug-likeness (QED) is 0.721. The Morgan fingerprint density at radius 1 is 1.09 bits per heavy atom. The van der Waals surface area contributed by atoms with Crippen LogP contribution in [0.2, 0.25) is 0 Å². The average Bonchev–Trinajstić information content (AvgIpc) is 2.49. The first-order valence-electron chi connectivity index (χ1n) is 7.08. The lowest BCUT2D eigenvalue weighted by Gasteiger charge is -2.11. The second-order valence-electron chi connectivity index (χ2n) is 5.19. The third-order valence-electron chi connectivity index (χ3n) is 3.26. The fraction of sp³-hybridized carbons (Fsp3) is 0.188. The van der Waals surface area contributed by atoms with Crippen LogP contribution in [-0.2, 0) is 16.4 Å². The van der Waals surface area contributed by atoms with Gasteiger partial charge in [-0.05, 0) is 55.4 Å². The predicted octanol–water partition coefficient (Wildman–Crippen LogP) is 2.17. The van der Waals surface area contributed by atoms with Gasteiger partial charge < -0.3 is 10.6 Å². The van der Waals surface area contributed by atoms with Crippen LogP contribution in [0.15, 0.2) is 53.4 Å². The van der Waals surface area contributed by atoms with E-state index in [0.717, 1.165) is 17.7 Å². The maximum Gasteiger partial charge on any atom is 0.238 e. The molecule has 0 saturated carbocycles. The van der Waals surface area contributed by atoms with Gasteiger partial charge in [0.05, 0.1) is 4.90 Å². The van der Waals surface area contributed by atoms with Gasteiger partial charge in [-0.2, -0.15) is 0 Å². The summed E-state index contributed by atoms with van der Waals surface area (Å²) in [5, 5.41) is 11.8. The zero-order valence-electron chi connectivity index (χ0n) is 12.7. The summed E-state index contributed by atoms with van der Waals surface area (Å²) < 4.78 is 22.4. The molecule has 0 radical (unpaired) electrons. The molecule has 2 aromatic rings. The molecule has 5 nitrogen and oxygen atoms in total. The van der Waals surface area contributed by atoms with E-state index in [1.54, 1.807) is 12.1 Å². The number of aryl methyl sites for hydroxylation is 1. The van der Waals surface area contributed by atoms with Crippen molar-refractivity contribution in [1.29, 1.82) is 0 Å². The molecule has 0 atom stereocenters. The minimum absolute atomic E-state index is 0.116. The van der Waals surface area contributed by atoms with Crippen LogP contribution >= 0.6 is 12.2 Å². The number of benzene rings is 2. The Morgan fingerprint density at radius 2 is 1.70 bits per heavy atom. The largest absolute Gasteiger partial charge is 0.362 e. The summed E-state index contributed by atoms with van der Waals surface area (Å²) in [5.41, 5.74) is 3.13.